The number of aliphatic hydroxyl groups is 1. The van der Waals surface area contributed by atoms with Crippen molar-refractivity contribution in [3.05, 3.63) is 29.3 Å². The molecule has 1 rings (SSSR count). The molecule has 3 heteroatoms. The van der Waals surface area contributed by atoms with E-state index in [-0.39, 0.29) is 12.1 Å². The van der Waals surface area contributed by atoms with Gasteiger partial charge in [-0.25, -0.2) is 0 Å². The summed E-state index contributed by atoms with van der Waals surface area (Å²) < 4.78 is 5.33. The monoisotopic (exact) mass is 223 g/mol. The third-order valence-corrected chi connectivity index (χ3v) is 2.57. The summed E-state index contributed by atoms with van der Waals surface area (Å²) in [7, 11) is 1.68. The highest BCUT2D eigenvalue weighted by atomic mass is 16.5. The van der Waals surface area contributed by atoms with Gasteiger partial charge >= 0.3 is 0 Å². The molecule has 2 unspecified atom stereocenters. The van der Waals surface area contributed by atoms with Crippen molar-refractivity contribution in [2.75, 3.05) is 13.7 Å². The first-order valence-corrected chi connectivity index (χ1v) is 5.60. The van der Waals surface area contributed by atoms with Crippen molar-refractivity contribution in [2.24, 2.45) is 0 Å². The van der Waals surface area contributed by atoms with E-state index >= 15 is 0 Å². The van der Waals surface area contributed by atoms with Crippen LogP contribution < -0.4 is 10.1 Å². The van der Waals surface area contributed by atoms with Gasteiger partial charge in [-0.1, -0.05) is 17.7 Å². The lowest BCUT2D eigenvalue weighted by Crippen LogP contribution is -2.27. The van der Waals surface area contributed by atoms with Crippen LogP contribution in [0.3, 0.4) is 0 Å². The molecular weight excluding hydrogens is 202 g/mol. The molecule has 1 aromatic rings. The Morgan fingerprint density at radius 3 is 2.62 bits per heavy atom. The molecule has 0 amide bonds. The fourth-order valence-corrected chi connectivity index (χ4v) is 1.65. The van der Waals surface area contributed by atoms with E-state index in [2.05, 4.69) is 25.2 Å². The molecule has 0 aromatic heterocycles. The Morgan fingerprint density at radius 2 is 2.06 bits per heavy atom. The largest absolute Gasteiger partial charge is 0.496 e. The van der Waals surface area contributed by atoms with Gasteiger partial charge in [0.05, 0.1) is 13.2 Å². The molecule has 0 bridgehead atoms. The highest BCUT2D eigenvalue weighted by Crippen LogP contribution is 2.25. The van der Waals surface area contributed by atoms with E-state index in [0.717, 1.165) is 11.3 Å². The summed E-state index contributed by atoms with van der Waals surface area (Å²) in [4.78, 5) is 0. The Labute approximate surface area is 97.4 Å². The van der Waals surface area contributed by atoms with Gasteiger partial charge in [0.15, 0.2) is 0 Å². The molecule has 1 aromatic carbocycles. The SMILES string of the molecule is COc1ccc(C)cc1C(C)NCC(C)O. The van der Waals surface area contributed by atoms with Gasteiger partial charge in [-0.05, 0) is 26.8 Å². The predicted octanol–water partition coefficient (Wildman–Crippen LogP) is 2.04. The van der Waals surface area contributed by atoms with Gasteiger partial charge in [0.25, 0.3) is 0 Å². The van der Waals surface area contributed by atoms with Crippen LogP contribution in [0.4, 0.5) is 0 Å². The van der Waals surface area contributed by atoms with Crippen LogP contribution >= 0.6 is 0 Å². The van der Waals surface area contributed by atoms with Gasteiger partial charge in [-0.3, -0.25) is 0 Å². The van der Waals surface area contributed by atoms with Gasteiger partial charge in [-0.15, -0.1) is 0 Å². The lowest BCUT2D eigenvalue weighted by Gasteiger charge is -2.18. The second-order valence-electron chi connectivity index (χ2n) is 4.22. The molecule has 0 fully saturated rings. The number of ether oxygens (including phenoxy) is 1. The van der Waals surface area contributed by atoms with Crippen LogP contribution in [-0.4, -0.2) is 24.9 Å². The smallest absolute Gasteiger partial charge is 0.123 e. The molecule has 0 spiro atoms. The minimum atomic E-state index is -0.335. The van der Waals surface area contributed by atoms with E-state index in [1.807, 2.05) is 12.1 Å². The van der Waals surface area contributed by atoms with Crippen molar-refractivity contribution in [3.63, 3.8) is 0 Å². The third kappa shape index (κ3) is 3.51. The summed E-state index contributed by atoms with van der Waals surface area (Å²) in [6.45, 7) is 6.48. The zero-order valence-electron chi connectivity index (χ0n) is 10.4. The normalized spacial score (nSPS) is 14.6. The topological polar surface area (TPSA) is 41.5 Å². The second-order valence-corrected chi connectivity index (χ2v) is 4.22. The summed E-state index contributed by atoms with van der Waals surface area (Å²) in [5.41, 5.74) is 2.34. The van der Waals surface area contributed by atoms with E-state index in [4.69, 9.17) is 4.74 Å². The maximum absolute atomic E-state index is 9.24. The van der Waals surface area contributed by atoms with Gasteiger partial charge in [-0.2, -0.15) is 0 Å². The summed E-state index contributed by atoms with van der Waals surface area (Å²) in [6, 6.07) is 6.29. The highest BCUT2D eigenvalue weighted by molar-refractivity contribution is 5.38. The number of hydrogen-bond acceptors (Lipinski definition) is 3. The summed E-state index contributed by atoms with van der Waals surface area (Å²) in [5, 5.41) is 12.5. The van der Waals surface area contributed by atoms with Crippen LogP contribution in [-0.2, 0) is 0 Å². The van der Waals surface area contributed by atoms with E-state index in [1.165, 1.54) is 5.56 Å². The molecule has 0 aliphatic rings. The average molecular weight is 223 g/mol. The molecule has 16 heavy (non-hydrogen) atoms. The number of rotatable bonds is 5. The second kappa shape index (κ2) is 5.87. The zero-order valence-corrected chi connectivity index (χ0v) is 10.4. The van der Waals surface area contributed by atoms with Crippen LogP contribution in [0.2, 0.25) is 0 Å². The Kier molecular flexibility index (Phi) is 4.77. The maximum atomic E-state index is 9.24. The lowest BCUT2D eigenvalue weighted by atomic mass is 10.0. The van der Waals surface area contributed by atoms with Gasteiger partial charge < -0.3 is 15.2 Å². The molecule has 90 valence electrons. The van der Waals surface area contributed by atoms with Gasteiger partial charge in [0.2, 0.25) is 0 Å². The Morgan fingerprint density at radius 1 is 1.38 bits per heavy atom. The quantitative estimate of drug-likeness (QED) is 0.802. The van der Waals surface area contributed by atoms with Crippen molar-refractivity contribution in [3.8, 4) is 5.75 Å². The molecule has 0 radical (unpaired) electrons. The van der Waals surface area contributed by atoms with E-state index in [9.17, 15) is 5.11 Å². The van der Waals surface area contributed by atoms with Crippen molar-refractivity contribution < 1.29 is 9.84 Å². The standard InChI is InChI=1S/C13H21NO2/c1-9-5-6-13(16-4)12(7-9)11(3)14-8-10(2)15/h5-7,10-11,14-15H,8H2,1-4H3. The van der Waals surface area contributed by atoms with E-state index in [1.54, 1.807) is 14.0 Å². The van der Waals surface area contributed by atoms with Crippen LogP contribution in [0.15, 0.2) is 18.2 Å². The average Bonchev–Trinajstić information content (AvgIpc) is 2.25. The predicted molar refractivity (Wildman–Crippen MR) is 65.8 cm³/mol. The molecule has 3 nitrogen and oxygen atoms in total. The highest BCUT2D eigenvalue weighted by Gasteiger charge is 2.11. The molecular formula is C13H21NO2. The van der Waals surface area contributed by atoms with E-state index in [0.29, 0.717) is 6.54 Å². The molecule has 0 aliphatic carbocycles. The van der Waals surface area contributed by atoms with E-state index < -0.39 is 0 Å². The first-order valence-electron chi connectivity index (χ1n) is 5.60. The van der Waals surface area contributed by atoms with Crippen molar-refractivity contribution >= 4 is 0 Å². The van der Waals surface area contributed by atoms with Crippen molar-refractivity contribution in [1.82, 2.24) is 5.32 Å². The van der Waals surface area contributed by atoms with Crippen molar-refractivity contribution in [1.29, 1.82) is 0 Å². The summed E-state index contributed by atoms with van der Waals surface area (Å²) in [5.74, 6) is 0.885. The van der Waals surface area contributed by atoms with Crippen molar-refractivity contribution in [2.45, 2.75) is 32.9 Å². The minimum Gasteiger partial charge on any atom is -0.496 e. The first kappa shape index (κ1) is 13.0. The lowest BCUT2D eigenvalue weighted by molar-refractivity contribution is 0.187. The molecule has 2 N–H and O–H groups in total. The van der Waals surface area contributed by atoms with Crippen LogP contribution in [0.1, 0.15) is 31.0 Å². The Bertz CT molecular complexity index is 337. The fourth-order valence-electron chi connectivity index (χ4n) is 1.65. The number of benzene rings is 1. The number of hydrogen-bond donors (Lipinski definition) is 2. The van der Waals surface area contributed by atoms with Crippen LogP contribution in [0, 0.1) is 6.92 Å². The molecule has 2 atom stereocenters. The Balaban J connectivity index is 2.80. The van der Waals surface area contributed by atoms with Crippen LogP contribution in [0.25, 0.3) is 0 Å². The fraction of sp³-hybridized carbons (Fsp3) is 0.538. The minimum absolute atomic E-state index is 0.171. The first-order chi connectivity index (χ1) is 7.54. The zero-order chi connectivity index (χ0) is 12.1. The molecule has 0 heterocycles. The van der Waals surface area contributed by atoms with Gasteiger partial charge in [0, 0.05) is 18.2 Å². The molecule has 0 saturated heterocycles. The van der Waals surface area contributed by atoms with Gasteiger partial charge in [0.1, 0.15) is 5.75 Å². The number of nitrogens with one attached hydrogen (secondary N) is 1. The number of methoxy groups -OCH3 is 1. The summed E-state index contributed by atoms with van der Waals surface area (Å²) >= 11 is 0. The number of aryl methyl sites for hydroxylation is 1. The third-order valence-electron chi connectivity index (χ3n) is 2.57. The maximum Gasteiger partial charge on any atom is 0.123 e. The molecule has 0 aliphatic heterocycles. The Hall–Kier alpha value is -1.06. The summed E-state index contributed by atoms with van der Waals surface area (Å²) in [6.07, 6.45) is -0.335. The van der Waals surface area contributed by atoms with Crippen LogP contribution in [0.5, 0.6) is 5.75 Å². The molecule has 0 saturated carbocycles. The number of aliphatic hydroxyl groups excluding tert-OH is 1.